The van der Waals surface area contributed by atoms with Crippen LogP contribution < -0.4 is 10.2 Å². The average Bonchev–Trinajstić information content (AvgIpc) is 2.90. The van der Waals surface area contributed by atoms with Gasteiger partial charge in [-0.1, -0.05) is 0 Å². The quantitative estimate of drug-likeness (QED) is 0.451. The molecule has 0 bridgehead atoms. The zero-order valence-electron chi connectivity index (χ0n) is 14.7. The number of phenols is 1. The van der Waals surface area contributed by atoms with Gasteiger partial charge >= 0.3 is 11.9 Å². The van der Waals surface area contributed by atoms with Crippen LogP contribution in [0.3, 0.4) is 0 Å². The van der Waals surface area contributed by atoms with Gasteiger partial charge in [-0.2, -0.15) is 0 Å². The van der Waals surface area contributed by atoms with Crippen LogP contribution in [0, 0.1) is 6.92 Å². The predicted octanol–water partition coefficient (Wildman–Crippen LogP) is 1.84. The van der Waals surface area contributed by atoms with Crippen LogP contribution in [0.5, 0.6) is 5.75 Å². The maximum absolute atomic E-state index is 12.8. The summed E-state index contributed by atoms with van der Waals surface area (Å²) in [6.45, 7) is 1.72. The molecule has 1 heterocycles. The number of imide groups is 1. The minimum absolute atomic E-state index is 0.0604. The number of nitrogens with one attached hydrogen (secondary N) is 1. The molecule has 144 valence electrons. The van der Waals surface area contributed by atoms with Crippen molar-refractivity contribution in [1.29, 1.82) is 0 Å². The van der Waals surface area contributed by atoms with Gasteiger partial charge in [0.15, 0.2) is 0 Å². The molecule has 3 rings (SSSR count). The van der Waals surface area contributed by atoms with Crippen LogP contribution in [0.4, 0.5) is 11.4 Å². The molecule has 1 saturated heterocycles. The number of benzene rings is 2. The SMILES string of the molecule is Cc1cc(O)ccc1NC1CC(=O)N(c2cc(C(=O)O)cc(C(=O)O)c2)C1=O. The number of amides is 2. The molecule has 0 aromatic heterocycles. The van der Waals surface area contributed by atoms with Gasteiger partial charge in [-0.25, -0.2) is 14.5 Å². The van der Waals surface area contributed by atoms with E-state index in [9.17, 15) is 34.5 Å². The van der Waals surface area contributed by atoms with Gasteiger partial charge < -0.3 is 20.6 Å². The zero-order chi connectivity index (χ0) is 20.6. The van der Waals surface area contributed by atoms with Gasteiger partial charge in [0.2, 0.25) is 5.91 Å². The Morgan fingerprint density at radius 1 is 1.04 bits per heavy atom. The highest BCUT2D eigenvalue weighted by atomic mass is 16.4. The lowest BCUT2D eigenvalue weighted by Gasteiger charge is -2.18. The first-order valence-electron chi connectivity index (χ1n) is 8.22. The van der Waals surface area contributed by atoms with Crippen LogP contribution in [-0.4, -0.2) is 45.1 Å². The number of hydrogen-bond donors (Lipinski definition) is 4. The molecule has 9 heteroatoms. The molecule has 9 nitrogen and oxygen atoms in total. The van der Waals surface area contributed by atoms with Crippen LogP contribution in [0.25, 0.3) is 0 Å². The Kier molecular flexibility index (Phi) is 4.74. The summed E-state index contributed by atoms with van der Waals surface area (Å²) in [7, 11) is 0. The molecule has 0 radical (unpaired) electrons. The number of aromatic carboxylic acids is 2. The van der Waals surface area contributed by atoms with Gasteiger partial charge in [0, 0.05) is 5.69 Å². The second-order valence-corrected chi connectivity index (χ2v) is 6.35. The first-order valence-corrected chi connectivity index (χ1v) is 8.22. The molecule has 0 spiro atoms. The van der Waals surface area contributed by atoms with Gasteiger partial charge in [0.05, 0.1) is 23.2 Å². The van der Waals surface area contributed by atoms with Crippen molar-refractivity contribution in [2.45, 2.75) is 19.4 Å². The minimum Gasteiger partial charge on any atom is -0.508 e. The second kappa shape index (κ2) is 7.03. The van der Waals surface area contributed by atoms with E-state index >= 15 is 0 Å². The molecule has 4 N–H and O–H groups in total. The van der Waals surface area contributed by atoms with Crippen molar-refractivity contribution in [1.82, 2.24) is 0 Å². The smallest absolute Gasteiger partial charge is 0.335 e. The number of carbonyl (C=O) groups is 4. The van der Waals surface area contributed by atoms with Crippen LogP contribution in [-0.2, 0) is 9.59 Å². The lowest BCUT2D eigenvalue weighted by atomic mass is 10.1. The highest BCUT2D eigenvalue weighted by molar-refractivity contribution is 6.23. The second-order valence-electron chi connectivity index (χ2n) is 6.35. The number of carboxylic acids is 2. The van der Waals surface area contributed by atoms with Crippen molar-refractivity contribution in [3.63, 3.8) is 0 Å². The number of rotatable bonds is 5. The largest absolute Gasteiger partial charge is 0.508 e. The molecule has 2 amide bonds. The van der Waals surface area contributed by atoms with Gasteiger partial charge in [-0.05, 0) is 48.9 Å². The molecule has 1 aliphatic heterocycles. The van der Waals surface area contributed by atoms with E-state index in [-0.39, 0.29) is 29.0 Å². The normalized spacial score (nSPS) is 16.3. The molecular formula is C19H16N2O7. The van der Waals surface area contributed by atoms with E-state index in [1.807, 2.05) is 0 Å². The van der Waals surface area contributed by atoms with Crippen LogP contribution in [0.1, 0.15) is 32.7 Å². The van der Waals surface area contributed by atoms with Crippen molar-refractivity contribution in [2.24, 2.45) is 0 Å². The molecule has 1 aliphatic rings. The summed E-state index contributed by atoms with van der Waals surface area (Å²) < 4.78 is 0. The van der Waals surface area contributed by atoms with Crippen LogP contribution in [0.2, 0.25) is 0 Å². The Bertz CT molecular complexity index is 983. The van der Waals surface area contributed by atoms with Crippen molar-refractivity contribution < 1.29 is 34.5 Å². The van der Waals surface area contributed by atoms with E-state index in [1.54, 1.807) is 13.0 Å². The molecule has 1 atom stereocenters. The summed E-state index contributed by atoms with van der Waals surface area (Å²) in [5, 5.41) is 30.8. The number of anilines is 2. The maximum Gasteiger partial charge on any atom is 0.335 e. The Balaban J connectivity index is 1.93. The van der Waals surface area contributed by atoms with E-state index in [1.165, 1.54) is 12.1 Å². The zero-order valence-corrected chi connectivity index (χ0v) is 14.7. The minimum atomic E-state index is -1.38. The van der Waals surface area contributed by atoms with Crippen LogP contribution in [0.15, 0.2) is 36.4 Å². The van der Waals surface area contributed by atoms with Gasteiger partial charge in [0.1, 0.15) is 11.8 Å². The summed E-state index contributed by atoms with van der Waals surface area (Å²) in [6, 6.07) is 6.71. The first-order chi connectivity index (χ1) is 13.2. The lowest BCUT2D eigenvalue weighted by Crippen LogP contribution is -2.35. The molecule has 1 unspecified atom stereocenters. The topological polar surface area (TPSA) is 144 Å². The summed E-state index contributed by atoms with van der Waals surface area (Å²) >= 11 is 0. The Morgan fingerprint density at radius 2 is 1.64 bits per heavy atom. The summed E-state index contributed by atoms with van der Waals surface area (Å²) in [4.78, 5) is 48.5. The molecule has 28 heavy (non-hydrogen) atoms. The number of aryl methyl sites for hydroxylation is 1. The average molecular weight is 384 g/mol. The highest BCUT2D eigenvalue weighted by Gasteiger charge is 2.40. The number of aromatic hydroxyl groups is 1. The number of phenolic OH excluding ortho intramolecular Hbond substituents is 1. The highest BCUT2D eigenvalue weighted by Crippen LogP contribution is 2.29. The summed E-state index contributed by atoms with van der Waals surface area (Å²) in [5.41, 5.74) is 0.414. The van der Waals surface area contributed by atoms with Gasteiger partial charge in [0.25, 0.3) is 5.91 Å². The van der Waals surface area contributed by atoms with Crippen molar-refractivity contribution in [2.75, 3.05) is 10.2 Å². The molecular weight excluding hydrogens is 368 g/mol. The third-order valence-corrected chi connectivity index (χ3v) is 4.36. The van der Waals surface area contributed by atoms with E-state index in [0.717, 1.165) is 23.1 Å². The number of nitrogens with zero attached hydrogens (tertiary/aromatic N) is 1. The van der Waals surface area contributed by atoms with Crippen molar-refractivity contribution >= 4 is 35.1 Å². The standard InChI is InChI=1S/C19H16N2O7/c1-9-4-13(22)2-3-14(9)20-15-8-16(23)21(17(15)24)12-6-10(18(25)26)5-11(7-12)19(27)28/h2-7,15,20,22H,8H2,1H3,(H,25,26)(H,27,28). The monoisotopic (exact) mass is 384 g/mol. The number of hydrogen-bond acceptors (Lipinski definition) is 6. The van der Waals surface area contributed by atoms with E-state index < -0.39 is 29.8 Å². The Labute approximate surface area is 158 Å². The van der Waals surface area contributed by atoms with Gasteiger partial charge in [-0.3, -0.25) is 9.59 Å². The van der Waals surface area contributed by atoms with E-state index in [0.29, 0.717) is 11.3 Å². The third-order valence-electron chi connectivity index (χ3n) is 4.36. The molecule has 2 aromatic carbocycles. The fourth-order valence-electron chi connectivity index (χ4n) is 3.00. The first kappa shape index (κ1) is 18.9. The number of carboxylic acid groups (broad SMARTS) is 2. The van der Waals surface area contributed by atoms with Gasteiger partial charge in [-0.15, -0.1) is 0 Å². The maximum atomic E-state index is 12.8. The predicted molar refractivity (Wildman–Crippen MR) is 97.7 cm³/mol. The Morgan fingerprint density at radius 3 is 2.18 bits per heavy atom. The van der Waals surface area contributed by atoms with E-state index in [2.05, 4.69) is 5.32 Å². The van der Waals surface area contributed by atoms with E-state index in [4.69, 9.17) is 0 Å². The Hall–Kier alpha value is -3.88. The molecule has 0 saturated carbocycles. The summed E-state index contributed by atoms with van der Waals surface area (Å²) in [6.07, 6.45) is -0.182. The molecule has 0 aliphatic carbocycles. The fraction of sp³-hybridized carbons (Fsp3) is 0.158. The van der Waals surface area contributed by atoms with Crippen molar-refractivity contribution in [3.05, 3.63) is 53.1 Å². The number of carbonyl (C=O) groups excluding carboxylic acids is 2. The van der Waals surface area contributed by atoms with Crippen LogP contribution >= 0.6 is 0 Å². The molecule has 1 fully saturated rings. The fourth-order valence-corrected chi connectivity index (χ4v) is 3.00. The third kappa shape index (κ3) is 3.50. The summed E-state index contributed by atoms with van der Waals surface area (Å²) in [5.74, 6) is -3.91. The van der Waals surface area contributed by atoms with Crippen molar-refractivity contribution in [3.8, 4) is 5.75 Å². The molecule has 2 aromatic rings. The lowest BCUT2D eigenvalue weighted by molar-refractivity contribution is -0.121.